The normalized spacial score (nSPS) is 19.1. The summed E-state index contributed by atoms with van der Waals surface area (Å²) in [4.78, 5) is 13.1. The zero-order chi connectivity index (χ0) is 14.8. The van der Waals surface area contributed by atoms with E-state index in [1.807, 2.05) is 0 Å². The molecule has 9 heteroatoms. The molecule has 1 atom stereocenters. The Morgan fingerprint density at radius 3 is 2.85 bits per heavy atom. The van der Waals surface area contributed by atoms with Gasteiger partial charge in [-0.15, -0.1) is 0 Å². The number of hydrogen-bond acceptors (Lipinski definition) is 5. The monoisotopic (exact) mass is 291 g/mol. The fraction of sp³-hybridized carbons (Fsp3) is 0.545. The zero-order valence-corrected chi connectivity index (χ0v) is 10.3. The number of hydrogen-bond donors (Lipinski definition) is 1. The van der Waals surface area contributed by atoms with Gasteiger partial charge in [-0.05, 0) is 12.5 Å². The Hall–Kier alpha value is -1.90. The summed E-state index contributed by atoms with van der Waals surface area (Å²) in [7, 11) is 0. The number of nitrogens with one attached hydrogen (secondary N) is 1. The van der Waals surface area contributed by atoms with Gasteiger partial charge in [0, 0.05) is 19.1 Å². The van der Waals surface area contributed by atoms with Gasteiger partial charge >= 0.3 is 11.9 Å². The number of ether oxygens (including phenoxy) is 1. The first-order chi connectivity index (χ1) is 9.38. The summed E-state index contributed by atoms with van der Waals surface area (Å²) in [5.41, 5.74) is -1.81. The zero-order valence-electron chi connectivity index (χ0n) is 10.3. The Morgan fingerprint density at radius 2 is 2.30 bits per heavy atom. The van der Waals surface area contributed by atoms with E-state index in [0.29, 0.717) is 32.0 Å². The maximum Gasteiger partial charge on any atom is 0.433 e. The number of rotatable bonds is 4. The van der Waals surface area contributed by atoms with Crippen LogP contribution in [0.1, 0.15) is 12.1 Å². The molecule has 0 aliphatic carbocycles. The van der Waals surface area contributed by atoms with Crippen LogP contribution in [0.2, 0.25) is 0 Å². The van der Waals surface area contributed by atoms with Crippen molar-refractivity contribution in [2.75, 3.05) is 25.1 Å². The summed E-state index contributed by atoms with van der Waals surface area (Å²) in [6.45, 7) is 1.42. The second-order valence-electron chi connectivity index (χ2n) is 4.45. The van der Waals surface area contributed by atoms with Crippen molar-refractivity contribution in [2.45, 2.75) is 12.6 Å². The van der Waals surface area contributed by atoms with Crippen molar-refractivity contribution < 1.29 is 22.8 Å². The molecular weight excluding hydrogens is 279 g/mol. The third-order valence-electron chi connectivity index (χ3n) is 2.98. The molecule has 2 rings (SSSR count). The lowest BCUT2D eigenvalue weighted by Crippen LogP contribution is -2.16. The van der Waals surface area contributed by atoms with Crippen LogP contribution in [-0.4, -0.2) is 29.7 Å². The summed E-state index contributed by atoms with van der Waals surface area (Å²) in [5, 5.41) is 13.5. The van der Waals surface area contributed by atoms with Crippen LogP contribution in [-0.2, 0) is 10.9 Å². The van der Waals surface area contributed by atoms with Crippen LogP contribution in [0.4, 0.5) is 24.5 Å². The second kappa shape index (κ2) is 5.61. The first kappa shape index (κ1) is 14.5. The van der Waals surface area contributed by atoms with E-state index in [1.54, 1.807) is 0 Å². The molecule has 0 radical (unpaired) electrons. The van der Waals surface area contributed by atoms with Crippen LogP contribution in [0.3, 0.4) is 0 Å². The SMILES string of the molecule is O=[N+]([O-])c1cnc(C(F)(F)F)cc1NCC1CCOC1. The standard InChI is InChI=1S/C11H12F3N3O3/c12-11(13,14)10-3-8(9(5-16-10)17(18)19)15-4-7-1-2-20-6-7/h3,5,7H,1-2,4,6H2,(H,15,16). The highest BCUT2D eigenvalue weighted by molar-refractivity contribution is 5.61. The van der Waals surface area contributed by atoms with Gasteiger partial charge in [0.15, 0.2) is 0 Å². The van der Waals surface area contributed by atoms with Crippen molar-refractivity contribution in [1.29, 1.82) is 0 Å². The van der Waals surface area contributed by atoms with Gasteiger partial charge in [0.25, 0.3) is 0 Å². The minimum absolute atomic E-state index is 0.136. The van der Waals surface area contributed by atoms with E-state index in [9.17, 15) is 23.3 Å². The first-order valence-corrected chi connectivity index (χ1v) is 5.91. The number of aromatic nitrogens is 1. The Bertz CT molecular complexity index is 501. The molecule has 0 spiro atoms. The summed E-state index contributed by atoms with van der Waals surface area (Å²) in [6.07, 6.45) is -3.24. The molecule has 1 saturated heterocycles. The van der Waals surface area contributed by atoms with E-state index in [4.69, 9.17) is 4.74 Å². The van der Waals surface area contributed by atoms with Crippen molar-refractivity contribution in [3.05, 3.63) is 28.1 Å². The lowest BCUT2D eigenvalue weighted by atomic mass is 10.1. The number of halogens is 3. The van der Waals surface area contributed by atoms with E-state index >= 15 is 0 Å². The molecule has 1 N–H and O–H groups in total. The number of nitrogens with zero attached hydrogens (tertiary/aromatic N) is 2. The molecule has 1 aromatic rings. The molecule has 0 bridgehead atoms. The maximum atomic E-state index is 12.6. The van der Waals surface area contributed by atoms with Gasteiger partial charge in [0.1, 0.15) is 17.6 Å². The van der Waals surface area contributed by atoms with Gasteiger partial charge in [0.05, 0.1) is 11.5 Å². The van der Waals surface area contributed by atoms with Crippen LogP contribution in [0.25, 0.3) is 0 Å². The number of nitro groups is 1. The van der Waals surface area contributed by atoms with E-state index in [1.165, 1.54) is 0 Å². The largest absolute Gasteiger partial charge is 0.433 e. The highest BCUT2D eigenvalue weighted by Crippen LogP contribution is 2.33. The predicted octanol–water partition coefficient (Wildman–Crippen LogP) is 2.46. The molecule has 0 saturated carbocycles. The average molecular weight is 291 g/mol. The molecule has 1 unspecified atom stereocenters. The Labute approximate surface area is 112 Å². The molecular formula is C11H12F3N3O3. The molecule has 2 heterocycles. The van der Waals surface area contributed by atoms with E-state index < -0.39 is 22.5 Å². The lowest BCUT2D eigenvalue weighted by Gasteiger charge is -2.12. The average Bonchev–Trinajstić information content (AvgIpc) is 2.87. The van der Waals surface area contributed by atoms with Gasteiger partial charge in [-0.1, -0.05) is 0 Å². The molecule has 0 amide bonds. The highest BCUT2D eigenvalue weighted by Gasteiger charge is 2.34. The maximum absolute atomic E-state index is 12.6. The van der Waals surface area contributed by atoms with Crippen LogP contribution >= 0.6 is 0 Å². The molecule has 1 aliphatic rings. The Balaban J connectivity index is 2.20. The van der Waals surface area contributed by atoms with E-state index in [-0.39, 0.29) is 11.6 Å². The van der Waals surface area contributed by atoms with Crippen molar-refractivity contribution in [3.63, 3.8) is 0 Å². The summed E-state index contributed by atoms with van der Waals surface area (Å²) < 4.78 is 42.8. The third kappa shape index (κ3) is 3.35. The topological polar surface area (TPSA) is 77.3 Å². The fourth-order valence-electron chi connectivity index (χ4n) is 1.89. The van der Waals surface area contributed by atoms with Crippen molar-refractivity contribution in [2.24, 2.45) is 5.92 Å². The van der Waals surface area contributed by atoms with Crippen molar-refractivity contribution in [1.82, 2.24) is 4.98 Å². The van der Waals surface area contributed by atoms with E-state index in [2.05, 4.69) is 10.3 Å². The predicted molar refractivity (Wildman–Crippen MR) is 63.3 cm³/mol. The lowest BCUT2D eigenvalue weighted by molar-refractivity contribution is -0.384. The van der Waals surface area contributed by atoms with Crippen molar-refractivity contribution >= 4 is 11.4 Å². The second-order valence-corrected chi connectivity index (χ2v) is 4.45. The molecule has 1 fully saturated rings. The van der Waals surface area contributed by atoms with Gasteiger partial charge in [-0.2, -0.15) is 13.2 Å². The molecule has 1 aliphatic heterocycles. The minimum Gasteiger partial charge on any atom is -0.381 e. The minimum atomic E-state index is -4.64. The Kier molecular flexibility index (Phi) is 4.07. The van der Waals surface area contributed by atoms with E-state index in [0.717, 1.165) is 6.42 Å². The van der Waals surface area contributed by atoms with Gasteiger partial charge in [-0.25, -0.2) is 4.98 Å². The molecule has 0 aromatic carbocycles. The third-order valence-corrected chi connectivity index (χ3v) is 2.98. The number of anilines is 1. The molecule has 20 heavy (non-hydrogen) atoms. The fourth-order valence-corrected chi connectivity index (χ4v) is 1.89. The summed E-state index contributed by atoms with van der Waals surface area (Å²) >= 11 is 0. The number of pyridine rings is 1. The molecule has 6 nitrogen and oxygen atoms in total. The summed E-state index contributed by atoms with van der Waals surface area (Å²) in [6, 6.07) is 0.661. The number of alkyl halides is 3. The summed E-state index contributed by atoms with van der Waals surface area (Å²) in [5.74, 6) is 0.136. The van der Waals surface area contributed by atoms with Crippen LogP contribution < -0.4 is 5.32 Å². The van der Waals surface area contributed by atoms with Crippen molar-refractivity contribution in [3.8, 4) is 0 Å². The Morgan fingerprint density at radius 1 is 1.55 bits per heavy atom. The van der Waals surface area contributed by atoms with Gasteiger partial charge < -0.3 is 10.1 Å². The van der Waals surface area contributed by atoms with Crippen LogP contribution in [0.15, 0.2) is 12.3 Å². The smallest absolute Gasteiger partial charge is 0.381 e. The molecule has 1 aromatic heterocycles. The highest BCUT2D eigenvalue weighted by atomic mass is 19.4. The quantitative estimate of drug-likeness (QED) is 0.681. The first-order valence-electron chi connectivity index (χ1n) is 5.91. The van der Waals surface area contributed by atoms with Crippen LogP contribution in [0.5, 0.6) is 0 Å². The molecule has 110 valence electrons. The van der Waals surface area contributed by atoms with Gasteiger partial charge in [-0.3, -0.25) is 10.1 Å². The van der Waals surface area contributed by atoms with Gasteiger partial charge in [0.2, 0.25) is 0 Å². The van der Waals surface area contributed by atoms with Crippen LogP contribution in [0, 0.1) is 16.0 Å².